The molecule has 3 rings (SSSR count). The highest BCUT2D eigenvalue weighted by Gasteiger charge is 2.14. The summed E-state index contributed by atoms with van der Waals surface area (Å²) in [5.41, 5.74) is 0.912. The van der Waals surface area contributed by atoms with E-state index in [1.165, 1.54) is 7.11 Å². The molecule has 0 bridgehead atoms. The molecule has 0 atom stereocenters. The molecule has 0 radical (unpaired) electrons. The quantitative estimate of drug-likeness (QED) is 0.541. The summed E-state index contributed by atoms with van der Waals surface area (Å²) in [6.07, 6.45) is 0. The van der Waals surface area contributed by atoms with Crippen LogP contribution in [0.3, 0.4) is 0 Å². The van der Waals surface area contributed by atoms with Gasteiger partial charge in [-0.1, -0.05) is 12.1 Å². The van der Waals surface area contributed by atoms with Gasteiger partial charge in [-0.25, -0.2) is 0 Å². The van der Waals surface area contributed by atoms with Crippen molar-refractivity contribution >= 4 is 37.9 Å². The van der Waals surface area contributed by atoms with Crippen molar-refractivity contribution in [3.05, 3.63) is 51.1 Å². The molecule has 2 aromatic carbocycles. The van der Waals surface area contributed by atoms with Crippen LogP contribution in [0, 0.1) is 0 Å². The van der Waals surface area contributed by atoms with Crippen LogP contribution in [0.2, 0.25) is 0 Å². The van der Waals surface area contributed by atoms with Gasteiger partial charge in [0.05, 0.1) is 5.39 Å². The third kappa shape index (κ3) is 2.09. The Hall–Kier alpha value is -1.85. The molecule has 0 N–H and O–H groups in total. The summed E-state index contributed by atoms with van der Waals surface area (Å²) >= 11 is 3.39. The number of hydrogen-bond acceptors (Lipinski definition) is 4. The Morgan fingerprint density at radius 1 is 1.10 bits per heavy atom. The first-order valence-electron chi connectivity index (χ1n) is 5.98. The Morgan fingerprint density at radius 3 is 2.55 bits per heavy atom. The van der Waals surface area contributed by atoms with Crippen LogP contribution in [-0.2, 0) is 4.74 Å². The van der Waals surface area contributed by atoms with Gasteiger partial charge in [0.1, 0.15) is 22.3 Å². The van der Waals surface area contributed by atoms with Gasteiger partial charge in [-0.15, -0.1) is 0 Å². The van der Waals surface area contributed by atoms with Gasteiger partial charge in [0, 0.05) is 11.6 Å². The summed E-state index contributed by atoms with van der Waals surface area (Å²) in [5, 5.41) is 0.928. The Labute approximate surface area is 123 Å². The van der Waals surface area contributed by atoms with Crippen LogP contribution >= 0.6 is 15.9 Å². The molecule has 1 aromatic heterocycles. The average Bonchev–Trinajstić information content (AvgIpc) is 2.45. The second-order valence-corrected chi connectivity index (χ2v) is 5.08. The minimum Gasteiger partial charge on any atom is -0.467 e. The van der Waals surface area contributed by atoms with Crippen molar-refractivity contribution in [2.75, 3.05) is 13.9 Å². The van der Waals surface area contributed by atoms with E-state index in [0.717, 1.165) is 0 Å². The lowest BCUT2D eigenvalue weighted by molar-refractivity contribution is 0.0522. The molecule has 0 aliphatic carbocycles. The molecule has 0 unspecified atom stereocenters. The molecular formula is C15H11BrO4. The molecule has 0 aliphatic heterocycles. The van der Waals surface area contributed by atoms with Crippen molar-refractivity contribution in [2.45, 2.75) is 0 Å². The van der Waals surface area contributed by atoms with Gasteiger partial charge < -0.3 is 13.9 Å². The minimum absolute atomic E-state index is 0.0759. The standard InChI is InChI=1S/C15H11BrO4/c1-18-8-19-10-5-3-7-12-14(10)15(17)13-9(16)4-2-6-11(13)20-12/h2-7H,8H2,1H3. The molecule has 20 heavy (non-hydrogen) atoms. The van der Waals surface area contributed by atoms with Crippen molar-refractivity contribution in [1.82, 2.24) is 0 Å². The second-order valence-electron chi connectivity index (χ2n) is 4.22. The van der Waals surface area contributed by atoms with Crippen LogP contribution in [0.4, 0.5) is 0 Å². The average molecular weight is 335 g/mol. The highest BCUT2D eigenvalue weighted by Crippen LogP contribution is 2.29. The normalized spacial score (nSPS) is 11.1. The molecule has 0 amide bonds. The molecule has 0 fully saturated rings. The van der Waals surface area contributed by atoms with E-state index in [0.29, 0.717) is 32.2 Å². The highest BCUT2D eigenvalue weighted by molar-refractivity contribution is 9.10. The van der Waals surface area contributed by atoms with Crippen molar-refractivity contribution in [3.8, 4) is 5.75 Å². The maximum absolute atomic E-state index is 12.7. The van der Waals surface area contributed by atoms with E-state index in [2.05, 4.69) is 15.9 Å². The van der Waals surface area contributed by atoms with Gasteiger partial charge in [0.25, 0.3) is 0 Å². The predicted molar refractivity (Wildman–Crippen MR) is 80.2 cm³/mol. The second kappa shape index (κ2) is 5.26. The fraction of sp³-hybridized carbons (Fsp3) is 0.133. The molecule has 1 heterocycles. The third-order valence-electron chi connectivity index (χ3n) is 2.97. The Morgan fingerprint density at radius 2 is 1.80 bits per heavy atom. The first-order valence-corrected chi connectivity index (χ1v) is 6.77. The molecule has 0 saturated carbocycles. The number of fused-ring (bicyclic) bond motifs is 2. The number of ether oxygens (including phenoxy) is 2. The molecule has 0 spiro atoms. The zero-order chi connectivity index (χ0) is 14.1. The van der Waals surface area contributed by atoms with Crippen LogP contribution in [0.15, 0.2) is 50.1 Å². The predicted octanol–water partition coefficient (Wildman–Crippen LogP) is 3.69. The van der Waals surface area contributed by atoms with E-state index in [9.17, 15) is 4.79 Å². The maximum atomic E-state index is 12.7. The first kappa shape index (κ1) is 13.1. The molecular weight excluding hydrogens is 324 g/mol. The summed E-state index contributed by atoms with van der Waals surface area (Å²) in [6.45, 7) is 0.0759. The van der Waals surface area contributed by atoms with Gasteiger partial charge in [-0.05, 0) is 40.2 Å². The van der Waals surface area contributed by atoms with Crippen molar-refractivity contribution in [1.29, 1.82) is 0 Å². The molecule has 5 heteroatoms. The Kier molecular flexibility index (Phi) is 3.46. The first-order chi connectivity index (χ1) is 9.72. The van der Waals surface area contributed by atoms with Crippen LogP contribution in [0.1, 0.15) is 0 Å². The smallest absolute Gasteiger partial charge is 0.205 e. The lowest BCUT2D eigenvalue weighted by atomic mass is 10.1. The monoisotopic (exact) mass is 334 g/mol. The fourth-order valence-electron chi connectivity index (χ4n) is 2.12. The lowest BCUT2D eigenvalue weighted by Gasteiger charge is -2.08. The van der Waals surface area contributed by atoms with Crippen LogP contribution in [-0.4, -0.2) is 13.9 Å². The van der Waals surface area contributed by atoms with Crippen molar-refractivity contribution in [2.24, 2.45) is 0 Å². The summed E-state index contributed by atoms with van der Waals surface area (Å²) in [5.74, 6) is 0.454. The number of methoxy groups -OCH3 is 1. The van der Waals surface area contributed by atoms with Crippen LogP contribution in [0.25, 0.3) is 21.9 Å². The van der Waals surface area contributed by atoms with Crippen LogP contribution < -0.4 is 10.2 Å². The molecule has 0 saturated heterocycles. The van der Waals surface area contributed by atoms with Gasteiger partial charge in [0.15, 0.2) is 6.79 Å². The van der Waals surface area contributed by atoms with E-state index in [1.807, 2.05) is 12.1 Å². The lowest BCUT2D eigenvalue weighted by Crippen LogP contribution is -2.07. The van der Waals surface area contributed by atoms with Gasteiger partial charge in [-0.2, -0.15) is 0 Å². The summed E-state index contributed by atoms with van der Waals surface area (Å²) in [4.78, 5) is 12.7. The zero-order valence-corrected chi connectivity index (χ0v) is 12.3. The van der Waals surface area contributed by atoms with E-state index in [1.54, 1.807) is 24.3 Å². The topological polar surface area (TPSA) is 48.7 Å². The SMILES string of the molecule is COCOc1cccc2oc3cccc(Br)c3c(=O)c12. The number of benzene rings is 2. The Balaban J connectivity index is 2.40. The highest BCUT2D eigenvalue weighted by atomic mass is 79.9. The van der Waals surface area contributed by atoms with Crippen molar-refractivity contribution < 1.29 is 13.9 Å². The van der Waals surface area contributed by atoms with E-state index >= 15 is 0 Å². The van der Waals surface area contributed by atoms with E-state index < -0.39 is 0 Å². The van der Waals surface area contributed by atoms with E-state index in [-0.39, 0.29) is 12.2 Å². The summed E-state index contributed by atoms with van der Waals surface area (Å²) in [6, 6.07) is 10.7. The maximum Gasteiger partial charge on any atom is 0.205 e. The number of rotatable bonds is 3. The summed E-state index contributed by atoms with van der Waals surface area (Å²) in [7, 11) is 1.53. The number of halogens is 1. The van der Waals surface area contributed by atoms with Crippen molar-refractivity contribution in [3.63, 3.8) is 0 Å². The third-order valence-corrected chi connectivity index (χ3v) is 3.63. The van der Waals surface area contributed by atoms with Gasteiger partial charge >= 0.3 is 0 Å². The summed E-state index contributed by atoms with van der Waals surface area (Å²) < 4.78 is 16.8. The van der Waals surface area contributed by atoms with Gasteiger partial charge in [-0.3, -0.25) is 4.79 Å². The largest absolute Gasteiger partial charge is 0.467 e. The molecule has 4 nitrogen and oxygen atoms in total. The number of hydrogen-bond donors (Lipinski definition) is 0. The Bertz CT molecular complexity index is 838. The van der Waals surface area contributed by atoms with Crippen LogP contribution in [0.5, 0.6) is 5.75 Å². The molecule has 102 valence electrons. The molecule has 0 aliphatic rings. The molecule has 3 aromatic rings. The van der Waals surface area contributed by atoms with E-state index in [4.69, 9.17) is 13.9 Å². The zero-order valence-electron chi connectivity index (χ0n) is 10.7. The van der Waals surface area contributed by atoms with Gasteiger partial charge in [0.2, 0.25) is 5.43 Å². The minimum atomic E-state index is -0.125. The fourth-order valence-corrected chi connectivity index (χ4v) is 2.64.